The van der Waals surface area contributed by atoms with E-state index in [0.717, 1.165) is 0 Å². The summed E-state index contributed by atoms with van der Waals surface area (Å²) in [6.45, 7) is 3.07. The van der Waals surface area contributed by atoms with Gasteiger partial charge in [-0.25, -0.2) is 15.6 Å². The number of nitrogens with two attached hydrogens (primary N) is 2. The lowest BCUT2D eigenvalue weighted by Crippen LogP contribution is -2.46. The number of carbonyl (C=O) groups excluding carboxylic acids is 1. The number of ketones is 1. The molecule has 2 aromatic carbocycles. The quantitative estimate of drug-likeness (QED) is 0.148. The zero-order valence-electron chi connectivity index (χ0n) is 15.1. The van der Waals surface area contributed by atoms with Crippen LogP contribution in [0.15, 0.2) is 65.2 Å². The Morgan fingerprint density at radius 3 is 2.33 bits per heavy atom. The smallest absolute Gasteiger partial charge is 0.336 e. The molecule has 0 aliphatic carbocycles. The van der Waals surface area contributed by atoms with E-state index in [1.165, 1.54) is 13.3 Å². The van der Waals surface area contributed by atoms with Crippen molar-refractivity contribution in [2.75, 3.05) is 0 Å². The van der Waals surface area contributed by atoms with Gasteiger partial charge < -0.3 is 16.3 Å². The maximum atomic E-state index is 13.0. The van der Waals surface area contributed by atoms with E-state index in [1.807, 2.05) is 0 Å². The molecule has 0 heterocycles. The van der Waals surface area contributed by atoms with E-state index >= 15 is 0 Å². The lowest BCUT2D eigenvalue weighted by molar-refractivity contribution is -0.130. The Bertz CT molecular complexity index is 902. The van der Waals surface area contributed by atoms with Gasteiger partial charge in [0.05, 0.1) is 16.8 Å². The van der Waals surface area contributed by atoms with Gasteiger partial charge in [-0.05, 0) is 37.1 Å². The Morgan fingerprint density at radius 1 is 1.11 bits per heavy atom. The Hall–Kier alpha value is -3.29. The van der Waals surface area contributed by atoms with Crippen molar-refractivity contribution in [1.82, 2.24) is 5.43 Å². The van der Waals surface area contributed by atoms with E-state index in [1.54, 1.807) is 61.5 Å². The van der Waals surface area contributed by atoms with Crippen molar-refractivity contribution in [3.8, 4) is 0 Å². The molecule has 0 fully saturated rings. The van der Waals surface area contributed by atoms with Gasteiger partial charge in [-0.2, -0.15) is 0 Å². The molecule has 7 heteroatoms. The minimum Gasteiger partial charge on any atom is -0.478 e. The average molecular weight is 366 g/mol. The summed E-state index contributed by atoms with van der Waals surface area (Å²) in [5, 5.41) is 9.69. The van der Waals surface area contributed by atoms with Crippen molar-refractivity contribution in [1.29, 1.82) is 0 Å². The molecule has 0 bridgehead atoms. The Morgan fingerprint density at radius 2 is 1.74 bits per heavy atom. The zero-order chi connectivity index (χ0) is 20.0. The summed E-state index contributed by atoms with van der Waals surface area (Å²) in [5.74, 6) is 3.60. The highest BCUT2D eigenvalue weighted by atomic mass is 16.4. The molecule has 0 aromatic heterocycles. The van der Waals surface area contributed by atoms with E-state index in [2.05, 4.69) is 10.4 Å². The van der Waals surface area contributed by atoms with Crippen molar-refractivity contribution >= 4 is 29.4 Å². The number of nitrogens with zero attached hydrogens (tertiary/aromatic N) is 1. The molecule has 1 atom stereocenters. The van der Waals surface area contributed by atoms with Crippen molar-refractivity contribution in [3.63, 3.8) is 0 Å². The SMILES string of the molecule is CC(=C(C(=O)O)c1ccccc1)C(C)(N)C(=O)c1cccc(N=CNN)c1. The first kappa shape index (κ1) is 20.0. The van der Waals surface area contributed by atoms with Crippen LogP contribution in [0.2, 0.25) is 0 Å². The van der Waals surface area contributed by atoms with Crippen molar-refractivity contribution in [2.24, 2.45) is 16.6 Å². The molecule has 2 rings (SSSR count). The van der Waals surface area contributed by atoms with Gasteiger partial charge in [0, 0.05) is 5.56 Å². The van der Waals surface area contributed by atoms with Gasteiger partial charge >= 0.3 is 5.97 Å². The van der Waals surface area contributed by atoms with Gasteiger partial charge in [-0.15, -0.1) is 0 Å². The maximum absolute atomic E-state index is 13.0. The van der Waals surface area contributed by atoms with Crippen LogP contribution in [0.3, 0.4) is 0 Å². The molecule has 6 N–H and O–H groups in total. The van der Waals surface area contributed by atoms with Crippen molar-refractivity contribution in [3.05, 3.63) is 71.3 Å². The van der Waals surface area contributed by atoms with E-state index in [9.17, 15) is 14.7 Å². The second kappa shape index (κ2) is 8.39. The molecule has 2 aromatic rings. The number of hydrogen-bond donors (Lipinski definition) is 4. The third-order valence-electron chi connectivity index (χ3n) is 4.30. The highest BCUT2D eigenvalue weighted by molar-refractivity contribution is 6.19. The van der Waals surface area contributed by atoms with Gasteiger partial charge in [0.1, 0.15) is 6.34 Å². The first-order valence-electron chi connectivity index (χ1n) is 8.21. The zero-order valence-corrected chi connectivity index (χ0v) is 15.1. The number of carboxylic acid groups (broad SMARTS) is 1. The summed E-state index contributed by atoms with van der Waals surface area (Å²) < 4.78 is 0. The molecule has 7 nitrogen and oxygen atoms in total. The largest absolute Gasteiger partial charge is 0.478 e. The van der Waals surface area contributed by atoms with Crippen LogP contribution in [-0.4, -0.2) is 28.7 Å². The second-order valence-electron chi connectivity index (χ2n) is 6.18. The molecule has 0 amide bonds. The Labute approximate surface area is 157 Å². The van der Waals surface area contributed by atoms with Crippen molar-refractivity contribution < 1.29 is 14.7 Å². The van der Waals surface area contributed by atoms with Crippen LogP contribution in [0.4, 0.5) is 5.69 Å². The Balaban J connectivity index is 2.50. The van der Waals surface area contributed by atoms with Crippen molar-refractivity contribution in [2.45, 2.75) is 19.4 Å². The molecule has 1 unspecified atom stereocenters. The normalized spacial score (nSPS) is 14.4. The number of aliphatic carboxylic acids is 1. The van der Waals surface area contributed by atoms with Crippen LogP contribution in [0.1, 0.15) is 29.8 Å². The molecule has 140 valence electrons. The number of carboxylic acids is 1. The molecule has 0 saturated carbocycles. The van der Waals surface area contributed by atoms with Crippen LogP contribution in [-0.2, 0) is 4.79 Å². The fourth-order valence-electron chi connectivity index (χ4n) is 2.67. The molecular formula is C20H22N4O3. The first-order valence-corrected chi connectivity index (χ1v) is 8.21. The topological polar surface area (TPSA) is 131 Å². The summed E-state index contributed by atoms with van der Waals surface area (Å²) in [6.07, 6.45) is 1.29. The second-order valence-corrected chi connectivity index (χ2v) is 6.18. The van der Waals surface area contributed by atoms with E-state index in [0.29, 0.717) is 16.8 Å². The standard InChI is InChI=1S/C20H22N4O3/c1-13(17(19(26)27)14-7-4-3-5-8-14)20(2,21)18(25)15-9-6-10-16(11-15)23-12-24-22/h3-12H,21-22H2,1-2H3,(H,23,24)(H,26,27). The monoisotopic (exact) mass is 366 g/mol. The lowest BCUT2D eigenvalue weighted by Gasteiger charge is -2.26. The number of benzene rings is 2. The van der Waals surface area contributed by atoms with E-state index < -0.39 is 17.3 Å². The van der Waals surface area contributed by atoms with Gasteiger partial charge in [0.25, 0.3) is 0 Å². The number of hydrazine groups is 1. The third-order valence-corrected chi connectivity index (χ3v) is 4.30. The first-order chi connectivity index (χ1) is 12.8. The lowest BCUT2D eigenvalue weighted by atomic mass is 9.81. The predicted octanol–water partition coefficient (Wildman–Crippen LogP) is 2.27. The van der Waals surface area contributed by atoms with Gasteiger partial charge in [0.15, 0.2) is 5.78 Å². The number of carbonyl (C=O) groups is 2. The molecule has 0 saturated heterocycles. The average Bonchev–Trinajstić information content (AvgIpc) is 2.66. The van der Waals surface area contributed by atoms with Crippen LogP contribution in [0, 0.1) is 0 Å². The van der Waals surface area contributed by atoms with Gasteiger partial charge in [-0.1, -0.05) is 42.5 Å². The van der Waals surface area contributed by atoms with E-state index in [-0.39, 0.29) is 11.1 Å². The maximum Gasteiger partial charge on any atom is 0.336 e. The Kier molecular flexibility index (Phi) is 6.23. The molecular weight excluding hydrogens is 344 g/mol. The summed E-state index contributed by atoms with van der Waals surface area (Å²) in [5.41, 5.74) is 8.69. The summed E-state index contributed by atoms with van der Waals surface area (Å²) >= 11 is 0. The predicted molar refractivity (Wildman–Crippen MR) is 106 cm³/mol. The molecule has 0 aliphatic rings. The minimum atomic E-state index is -1.52. The number of rotatable bonds is 7. The van der Waals surface area contributed by atoms with Crippen LogP contribution in [0.5, 0.6) is 0 Å². The number of Topliss-reactive ketones (excluding diaryl/α,β-unsaturated/α-hetero) is 1. The molecule has 0 radical (unpaired) electrons. The fraction of sp³-hybridized carbons (Fsp3) is 0.150. The minimum absolute atomic E-state index is 0.00968. The molecule has 0 spiro atoms. The van der Waals surface area contributed by atoms with E-state index in [4.69, 9.17) is 11.6 Å². The fourth-order valence-corrected chi connectivity index (χ4v) is 2.67. The summed E-state index contributed by atoms with van der Waals surface area (Å²) in [7, 11) is 0. The molecule has 0 aliphatic heterocycles. The highest BCUT2D eigenvalue weighted by Gasteiger charge is 2.35. The van der Waals surface area contributed by atoms with Crippen LogP contribution < -0.4 is 17.0 Å². The van der Waals surface area contributed by atoms with Gasteiger partial charge in [0.2, 0.25) is 0 Å². The number of nitrogens with one attached hydrogen (secondary N) is 1. The number of aliphatic imine (C=N–C) groups is 1. The summed E-state index contributed by atoms with van der Waals surface area (Å²) in [6, 6.07) is 15.1. The van der Waals surface area contributed by atoms with Crippen LogP contribution >= 0.6 is 0 Å². The molecule has 27 heavy (non-hydrogen) atoms. The van der Waals surface area contributed by atoms with Gasteiger partial charge in [-0.3, -0.25) is 4.79 Å². The number of hydrogen-bond acceptors (Lipinski definition) is 5. The third kappa shape index (κ3) is 4.46. The summed E-state index contributed by atoms with van der Waals surface area (Å²) in [4.78, 5) is 29.0. The van der Waals surface area contributed by atoms with Crippen LogP contribution in [0.25, 0.3) is 5.57 Å². The highest BCUT2D eigenvalue weighted by Crippen LogP contribution is 2.29.